The van der Waals surface area contributed by atoms with Gasteiger partial charge in [-0.3, -0.25) is 9.59 Å². The molecule has 4 rings (SSSR count). The first-order chi connectivity index (χ1) is 15.6. The quantitative estimate of drug-likeness (QED) is 0.469. The van der Waals surface area contributed by atoms with E-state index in [1.165, 1.54) is 0 Å². The number of carbonyl (C=O) groups is 2. The minimum Gasteiger partial charge on any atom is -0.486 e. The zero-order valence-corrected chi connectivity index (χ0v) is 18.8. The summed E-state index contributed by atoms with van der Waals surface area (Å²) in [6.07, 6.45) is 0.918. The minimum atomic E-state index is -0.272. The molecular weight excluding hydrogens is 440 g/mol. The maximum atomic E-state index is 12.9. The number of nitrogens with zero attached hydrogens (tertiary/aromatic N) is 1. The molecular formula is C25H30N2O5S. The first-order valence-electron chi connectivity index (χ1n) is 10.8. The molecule has 0 fully saturated rings. The van der Waals surface area contributed by atoms with Crippen molar-refractivity contribution < 1.29 is 23.8 Å². The van der Waals surface area contributed by atoms with Crippen LogP contribution in [0, 0.1) is 0 Å². The van der Waals surface area contributed by atoms with E-state index in [0.717, 1.165) is 12.0 Å². The van der Waals surface area contributed by atoms with E-state index in [9.17, 15) is 9.59 Å². The van der Waals surface area contributed by atoms with Crippen molar-refractivity contribution in [3.05, 3.63) is 59.2 Å². The van der Waals surface area contributed by atoms with Crippen LogP contribution in [0.1, 0.15) is 47.1 Å². The number of rotatable bonds is 8. The molecule has 0 aliphatic carbocycles. The Bertz CT molecular complexity index is 1030. The van der Waals surface area contributed by atoms with Gasteiger partial charge in [0.2, 0.25) is 0 Å². The molecule has 0 radical (unpaired) electrons. The lowest BCUT2D eigenvalue weighted by Gasteiger charge is -2.29. The van der Waals surface area contributed by atoms with Gasteiger partial charge in [0.25, 0.3) is 11.8 Å². The number of ether oxygens (including phenoxy) is 3. The second kappa shape index (κ2) is 11.2. The van der Waals surface area contributed by atoms with Gasteiger partial charge in [0.1, 0.15) is 12.7 Å². The van der Waals surface area contributed by atoms with Gasteiger partial charge in [0.05, 0.1) is 11.5 Å². The van der Waals surface area contributed by atoms with Gasteiger partial charge >= 0.3 is 0 Å². The molecule has 2 aliphatic heterocycles. The predicted octanol–water partition coefficient (Wildman–Crippen LogP) is 3.64. The van der Waals surface area contributed by atoms with Gasteiger partial charge in [-0.05, 0) is 49.2 Å². The van der Waals surface area contributed by atoms with Crippen LogP contribution in [0.15, 0.2) is 42.5 Å². The van der Waals surface area contributed by atoms with Crippen LogP contribution in [0.5, 0.6) is 11.5 Å². The van der Waals surface area contributed by atoms with Gasteiger partial charge in [-0.15, -0.1) is 0 Å². The summed E-state index contributed by atoms with van der Waals surface area (Å²) in [5.41, 5.74) is 1.85. The van der Waals surface area contributed by atoms with Gasteiger partial charge in [0, 0.05) is 37.3 Å². The van der Waals surface area contributed by atoms with Crippen LogP contribution in [0.4, 0.5) is 0 Å². The normalized spacial score (nSPS) is 16.6. The van der Waals surface area contributed by atoms with Crippen LogP contribution in [0.3, 0.4) is 0 Å². The lowest BCUT2D eigenvalue weighted by molar-refractivity contribution is 0.0787. The molecule has 0 saturated carbocycles. The highest BCUT2D eigenvalue weighted by Gasteiger charge is 2.29. The van der Waals surface area contributed by atoms with Crippen molar-refractivity contribution in [2.45, 2.75) is 33.3 Å². The monoisotopic (exact) mass is 470 g/mol. The Morgan fingerprint density at radius 1 is 1.24 bits per heavy atom. The fourth-order valence-corrected chi connectivity index (χ4v) is 4.10. The third kappa shape index (κ3) is 5.69. The lowest BCUT2D eigenvalue weighted by Crippen LogP contribution is -2.42. The number of amides is 2. The molecule has 0 aromatic heterocycles. The number of thiocarbonyl (C=S) groups is 1. The molecule has 1 atom stereocenters. The molecule has 7 nitrogen and oxygen atoms in total. The highest BCUT2D eigenvalue weighted by Crippen LogP contribution is 2.30. The highest BCUT2D eigenvalue weighted by atomic mass is 32.1. The number of hydrogen-bond donors (Lipinski definition) is 1. The average molecular weight is 471 g/mol. The Balaban J connectivity index is 0.00000306. The molecule has 0 bridgehead atoms. The van der Waals surface area contributed by atoms with Gasteiger partial charge in [0.15, 0.2) is 11.5 Å². The topological polar surface area (TPSA) is 77.1 Å². The average Bonchev–Trinajstić information content (AvgIpc) is 2.81. The van der Waals surface area contributed by atoms with E-state index in [-0.39, 0.29) is 25.3 Å². The van der Waals surface area contributed by atoms with E-state index in [1.54, 1.807) is 23.1 Å². The molecule has 2 aromatic carbocycles. The van der Waals surface area contributed by atoms with E-state index >= 15 is 0 Å². The largest absolute Gasteiger partial charge is 0.486 e. The van der Waals surface area contributed by atoms with E-state index in [0.29, 0.717) is 66.9 Å². The SMILES string of the molecule is C.CCOCCCN1C(=O)c2ccc(C(=O)NCC3COc4ccccc4O3)cc2CC1=S. The molecule has 1 unspecified atom stereocenters. The molecule has 0 saturated heterocycles. The summed E-state index contributed by atoms with van der Waals surface area (Å²) in [6, 6.07) is 12.6. The summed E-state index contributed by atoms with van der Waals surface area (Å²) >= 11 is 5.47. The predicted molar refractivity (Wildman–Crippen MR) is 130 cm³/mol. The van der Waals surface area contributed by atoms with E-state index in [2.05, 4.69) is 5.32 Å². The smallest absolute Gasteiger partial charge is 0.258 e. The van der Waals surface area contributed by atoms with Crippen molar-refractivity contribution in [1.82, 2.24) is 10.2 Å². The van der Waals surface area contributed by atoms with Crippen molar-refractivity contribution >= 4 is 29.0 Å². The van der Waals surface area contributed by atoms with Crippen LogP contribution in [-0.4, -0.2) is 60.7 Å². The zero-order valence-electron chi connectivity index (χ0n) is 18.0. The van der Waals surface area contributed by atoms with Crippen LogP contribution in [-0.2, 0) is 11.2 Å². The summed E-state index contributed by atoms with van der Waals surface area (Å²) < 4.78 is 16.9. The number of carbonyl (C=O) groups excluding carboxylic acids is 2. The Morgan fingerprint density at radius 2 is 2.03 bits per heavy atom. The molecule has 33 heavy (non-hydrogen) atoms. The number of hydrogen-bond acceptors (Lipinski definition) is 6. The summed E-state index contributed by atoms with van der Waals surface area (Å²) in [7, 11) is 0. The van der Waals surface area contributed by atoms with Crippen molar-refractivity contribution in [3.8, 4) is 11.5 Å². The number of nitrogens with one attached hydrogen (secondary N) is 1. The standard InChI is InChI=1S/C24H26N2O5S.CH4/c1-2-29-11-5-10-26-22(32)13-17-12-16(8-9-19(17)24(26)28)23(27)25-14-18-15-30-20-6-3-4-7-21(20)31-18;/h3-4,6-9,12,18H,2,5,10-11,13-15H2,1H3,(H,25,27);1H4. The second-order valence-corrected chi connectivity index (χ2v) is 8.13. The third-order valence-corrected chi connectivity index (χ3v) is 5.78. The Morgan fingerprint density at radius 3 is 2.82 bits per heavy atom. The van der Waals surface area contributed by atoms with Crippen molar-refractivity contribution in [3.63, 3.8) is 0 Å². The molecule has 0 spiro atoms. The Labute approximate surface area is 200 Å². The van der Waals surface area contributed by atoms with E-state index < -0.39 is 0 Å². The molecule has 2 amide bonds. The Hall–Kier alpha value is -2.97. The summed E-state index contributed by atoms with van der Waals surface area (Å²) in [5, 5.41) is 2.89. The number of fused-ring (bicyclic) bond motifs is 2. The Kier molecular flexibility index (Phi) is 8.41. The van der Waals surface area contributed by atoms with Crippen LogP contribution < -0.4 is 14.8 Å². The summed E-state index contributed by atoms with van der Waals surface area (Å²) in [5.74, 6) is 1.03. The third-order valence-electron chi connectivity index (χ3n) is 5.42. The molecule has 2 aromatic rings. The van der Waals surface area contributed by atoms with Crippen LogP contribution >= 0.6 is 12.2 Å². The molecule has 176 valence electrons. The van der Waals surface area contributed by atoms with E-state index in [1.807, 2.05) is 31.2 Å². The minimum absolute atomic E-state index is 0. The van der Waals surface area contributed by atoms with Crippen LogP contribution in [0.2, 0.25) is 0 Å². The maximum Gasteiger partial charge on any atom is 0.258 e. The first kappa shape index (κ1) is 24.7. The second-order valence-electron chi connectivity index (χ2n) is 7.66. The fraction of sp³-hybridized carbons (Fsp3) is 0.400. The van der Waals surface area contributed by atoms with E-state index in [4.69, 9.17) is 26.4 Å². The molecule has 2 aliphatic rings. The fourth-order valence-electron chi connectivity index (χ4n) is 3.77. The van der Waals surface area contributed by atoms with Gasteiger partial charge in [-0.1, -0.05) is 31.8 Å². The lowest BCUT2D eigenvalue weighted by atomic mass is 9.96. The van der Waals surface area contributed by atoms with Crippen LogP contribution in [0.25, 0.3) is 0 Å². The first-order valence-corrected chi connectivity index (χ1v) is 11.2. The summed E-state index contributed by atoms with van der Waals surface area (Å²) in [6.45, 7) is 4.40. The number of benzene rings is 2. The summed E-state index contributed by atoms with van der Waals surface area (Å²) in [4.78, 5) is 27.8. The van der Waals surface area contributed by atoms with Crippen molar-refractivity contribution in [2.24, 2.45) is 0 Å². The van der Waals surface area contributed by atoms with Crippen molar-refractivity contribution in [2.75, 3.05) is 32.9 Å². The molecule has 8 heteroatoms. The molecule has 1 N–H and O–H groups in total. The zero-order chi connectivity index (χ0) is 22.5. The van der Waals surface area contributed by atoms with Crippen molar-refractivity contribution in [1.29, 1.82) is 0 Å². The molecule has 2 heterocycles. The van der Waals surface area contributed by atoms with Gasteiger partial charge in [-0.25, -0.2) is 0 Å². The van der Waals surface area contributed by atoms with Gasteiger partial charge < -0.3 is 24.4 Å². The highest BCUT2D eigenvalue weighted by molar-refractivity contribution is 7.80. The maximum absolute atomic E-state index is 12.9. The van der Waals surface area contributed by atoms with Gasteiger partial charge in [-0.2, -0.15) is 0 Å². The number of para-hydroxylation sites is 2.